The lowest BCUT2D eigenvalue weighted by Gasteiger charge is -2.26. The van der Waals surface area contributed by atoms with Gasteiger partial charge in [0.05, 0.1) is 0 Å². The van der Waals surface area contributed by atoms with Gasteiger partial charge in [0.1, 0.15) is 0 Å². The number of nitrogens with zero attached hydrogens (tertiary/aromatic N) is 1. The molecule has 0 aromatic heterocycles. The zero-order valence-electron chi connectivity index (χ0n) is 24.1. The van der Waals surface area contributed by atoms with Crippen LogP contribution in [0.5, 0.6) is 0 Å². The second-order valence-corrected chi connectivity index (χ2v) is 11.7. The smallest absolute Gasteiger partial charge is 0.0462 e. The first-order valence-electron chi connectivity index (χ1n) is 14.8. The van der Waals surface area contributed by atoms with Gasteiger partial charge in [0, 0.05) is 21.5 Å². The Hall–Kier alpha value is -5.18. The maximum Gasteiger partial charge on any atom is 0.0462 e. The van der Waals surface area contributed by atoms with Crippen molar-refractivity contribution >= 4 is 33.0 Å². The Labute approximate surface area is 267 Å². The van der Waals surface area contributed by atoms with Crippen LogP contribution in [0.2, 0.25) is 0 Å². The Morgan fingerprint density at radius 1 is 0.273 bits per heavy atom. The molecule has 7 aromatic rings. The van der Waals surface area contributed by atoms with E-state index in [1.54, 1.807) is 0 Å². The number of halogens is 1. The van der Waals surface area contributed by atoms with Crippen LogP contribution in [0.3, 0.4) is 0 Å². The van der Waals surface area contributed by atoms with E-state index in [9.17, 15) is 0 Å². The summed E-state index contributed by atoms with van der Waals surface area (Å²) in [6.45, 7) is 0. The average Bonchev–Trinajstić information content (AvgIpc) is 3.10. The van der Waals surface area contributed by atoms with Crippen LogP contribution in [0.4, 0.5) is 17.1 Å². The van der Waals surface area contributed by atoms with Crippen LogP contribution in [0.1, 0.15) is 0 Å². The summed E-state index contributed by atoms with van der Waals surface area (Å²) in [6.07, 6.45) is 0. The van der Waals surface area contributed by atoms with E-state index in [0.29, 0.717) is 0 Å². The summed E-state index contributed by atoms with van der Waals surface area (Å²) in [6, 6.07) is 64.8. The predicted molar refractivity (Wildman–Crippen MR) is 191 cm³/mol. The molecule has 0 fully saturated rings. The van der Waals surface area contributed by atoms with E-state index in [0.717, 1.165) is 21.5 Å². The van der Waals surface area contributed by atoms with Crippen molar-refractivity contribution < 1.29 is 0 Å². The van der Waals surface area contributed by atoms with Gasteiger partial charge >= 0.3 is 0 Å². The maximum absolute atomic E-state index is 3.55. The Kier molecular flexibility index (Phi) is 7.91. The lowest BCUT2D eigenvalue weighted by Crippen LogP contribution is -2.09. The van der Waals surface area contributed by atoms with Crippen LogP contribution in [0.15, 0.2) is 186 Å². The zero-order chi connectivity index (χ0) is 29.7. The van der Waals surface area contributed by atoms with Gasteiger partial charge in [-0.1, -0.05) is 143 Å². The number of hydrogen-bond acceptors (Lipinski definition) is 1. The number of rotatable bonds is 7. The molecule has 7 aromatic carbocycles. The summed E-state index contributed by atoms with van der Waals surface area (Å²) in [5.74, 6) is 0. The minimum atomic E-state index is 1.09. The standard InChI is InChI=1S/C42H30BrN/c43-39-22-14-35(15-23-39)37-12-7-13-38(30-37)36-20-28-42(29-21-36)44(40-24-16-33(17-25-40)31-8-3-1-4-9-31)41-26-18-34(19-27-41)32-10-5-2-6-11-32/h1-30H. The lowest BCUT2D eigenvalue weighted by atomic mass is 9.99. The van der Waals surface area contributed by atoms with E-state index < -0.39 is 0 Å². The Morgan fingerprint density at radius 2 is 0.568 bits per heavy atom. The molecule has 210 valence electrons. The van der Waals surface area contributed by atoms with Crippen LogP contribution in [-0.2, 0) is 0 Å². The summed E-state index contributed by atoms with van der Waals surface area (Å²) in [4.78, 5) is 2.32. The van der Waals surface area contributed by atoms with E-state index in [1.165, 1.54) is 44.5 Å². The first-order chi connectivity index (χ1) is 21.7. The molecule has 0 heterocycles. The van der Waals surface area contributed by atoms with Crippen molar-refractivity contribution in [2.75, 3.05) is 4.90 Å². The van der Waals surface area contributed by atoms with Crippen LogP contribution < -0.4 is 4.90 Å². The molecule has 0 N–H and O–H groups in total. The van der Waals surface area contributed by atoms with Crippen molar-refractivity contribution in [3.05, 3.63) is 186 Å². The first-order valence-corrected chi connectivity index (χ1v) is 15.6. The van der Waals surface area contributed by atoms with Gasteiger partial charge in [-0.25, -0.2) is 0 Å². The van der Waals surface area contributed by atoms with Gasteiger partial charge in [0.15, 0.2) is 0 Å². The topological polar surface area (TPSA) is 3.24 Å². The molecule has 44 heavy (non-hydrogen) atoms. The highest BCUT2D eigenvalue weighted by Gasteiger charge is 2.14. The highest BCUT2D eigenvalue weighted by Crippen LogP contribution is 2.38. The summed E-state index contributed by atoms with van der Waals surface area (Å²) >= 11 is 3.55. The van der Waals surface area contributed by atoms with Crippen LogP contribution in [-0.4, -0.2) is 0 Å². The second kappa shape index (κ2) is 12.6. The summed E-state index contributed by atoms with van der Waals surface area (Å²) in [5.41, 5.74) is 13.0. The van der Waals surface area contributed by atoms with Crippen LogP contribution >= 0.6 is 15.9 Å². The van der Waals surface area contributed by atoms with Crippen molar-refractivity contribution in [2.24, 2.45) is 0 Å². The molecule has 1 nitrogen and oxygen atoms in total. The maximum atomic E-state index is 3.55. The summed E-state index contributed by atoms with van der Waals surface area (Å²) in [7, 11) is 0. The van der Waals surface area contributed by atoms with E-state index >= 15 is 0 Å². The SMILES string of the molecule is Brc1ccc(-c2cccc(-c3ccc(N(c4ccc(-c5ccccc5)cc4)c4ccc(-c5ccccc5)cc4)cc3)c2)cc1. The zero-order valence-corrected chi connectivity index (χ0v) is 25.7. The molecule has 0 saturated heterocycles. The molecule has 0 unspecified atom stereocenters. The molecule has 0 saturated carbocycles. The molecule has 0 atom stereocenters. The van der Waals surface area contributed by atoms with Gasteiger partial charge in [-0.3, -0.25) is 0 Å². The molecule has 0 aliphatic carbocycles. The molecule has 2 heteroatoms. The highest BCUT2D eigenvalue weighted by molar-refractivity contribution is 9.10. The largest absolute Gasteiger partial charge is 0.311 e. The molecule has 7 rings (SSSR count). The molecule has 0 spiro atoms. The van der Waals surface area contributed by atoms with Gasteiger partial charge in [-0.15, -0.1) is 0 Å². The lowest BCUT2D eigenvalue weighted by molar-refractivity contribution is 1.28. The summed E-state index contributed by atoms with van der Waals surface area (Å²) in [5, 5.41) is 0. The van der Waals surface area contributed by atoms with Crippen molar-refractivity contribution in [3.8, 4) is 44.5 Å². The van der Waals surface area contributed by atoms with E-state index in [1.807, 2.05) is 0 Å². The minimum Gasteiger partial charge on any atom is -0.311 e. The van der Waals surface area contributed by atoms with Crippen molar-refractivity contribution in [1.29, 1.82) is 0 Å². The number of anilines is 3. The third-order valence-electron chi connectivity index (χ3n) is 7.96. The van der Waals surface area contributed by atoms with Gasteiger partial charge in [-0.2, -0.15) is 0 Å². The Morgan fingerprint density at radius 3 is 0.955 bits per heavy atom. The third kappa shape index (κ3) is 5.99. The van der Waals surface area contributed by atoms with Crippen LogP contribution in [0.25, 0.3) is 44.5 Å². The molecule has 0 bridgehead atoms. The van der Waals surface area contributed by atoms with Gasteiger partial charge in [0.2, 0.25) is 0 Å². The van der Waals surface area contributed by atoms with Gasteiger partial charge < -0.3 is 4.90 Å². The molecular formula is C42H30BrN. The Bertz CT molecular complexity index is 1880. The van der Waals surface area contributed by atoms with Crippen molar-refractivity contribution in [3.63, 3.8) is 0 Å². The quantitative estimate of drug-likeness (QED) is 0.170. The van der Waals surface area contributed by atoms with E-state index in [2.05, 4.69) is 203 Å². The molecule has 0 radical (unpaired) electrons. The van der Waals surface area contributed by atoms with Crippen LogP contribution in [0, 0.1) is 0 Å². The van der Waals surface area contributed by atoms with E-state index in [4.69, 9.17) is 0 Å². The molecule has 0 amide bonds. The fourth-order valence-corrected chi connectivity index (χ4v) is 5.90. The number of hydrogen-bond donors (Lipinski definition) is 0. The first kappa shape index (κ1) is 27.6. The van der Waals surface area contributed by atoms with E-state index in [-0.39, 0.29) is 0 Å². The fourth-order valence-electron chi connectivity index (χ4n) is 5.64. The Balaban J connectivity index is 1.24. The van der Waals surface area contributed by atoms with Gasteiger partial charge in [0.25, 0.3) is 0 Å². The fraction of sp³-hybridized carbons (Fsp3) is 0. The van der Waals surface area contributed by atoms with Gasteiger partial charge in [-0.05, 0) is 99.1 Å². The highest BCUT2D eigenvalue weighted by atomic mass is 79.9. The van der Waals surface area contributed by atoms with Crippen molar-refractivity contribution in [2.45, 2.75) is 0 Å². The molecule has 0 aliphatic heterocycles. The normalized spacial score (nSPS) is 10.8. The third-order valence-corrected chi connectivity index (χ3v) is 8.49. The predicted octanol–water partition coefficient (Wildman–Crippen LogP) is 12.6. The van der Waals surface area contributed by atoms with Crippen molar-refractivity contribution in [1.82, 2.24) is 0 Å². The summed E-state index contributed by atoms with van der Waals surface area (Å²) < 4.78 is 1.09. The molecule has 0 aliphatic rings. The molecular weight excluding hydrogens is 598 g/mol. The minimum absolute atomic E-state index is 1.09. The monoisotopic (exact) mass is 627 g/mol. The average molecular weight is 629 g/mol. The number of benzene rings is 7. The second-order valence-electron chi connectivity index (χ2n) is 10.8.